The molecular weight excluding hydrogens is 150 g/mol. The number of rotatable bonds is 3. The van der Waals surface area contributed by atoms with Crippen LogP contribution in [-0.2, 0) is 6.54 Å². The number of imidazole rings is 1. The molecule has 0 aliphatic heterocycles. The summed E-state index contributed by atoms with van der Waals surface area (Å²) in [5, 5.41) is 3.72. The molecule has 1 N–H and O–H groups in total. The van der Waals surface area contributed by atoms with E-state index in [4.69, 9.17) is 11.6 Å². The minimum Gasteiger partial charge on any atom is -0.320 e. The molecule has 0 aliphatic rings. The fourth-order valence-corrected chi connectivity index (χ4v) is 0.886. The molecule has 0 atom stereocenters. The number of hydrogen-bond donors (Lipinski definition) is 1. The van der Waals surface area contributed by atoms with E-state index in [1.807, 2.05) is 11.6 Å². The zero-order chi connectivity index (χ0) is 7.40. The Bertz CT molecular complexity index is 197. The number of halogens is 1. The van der Waals surface area contributed by atoms with Gasteiger partial charge in [0.15, 0.2) is 0 Å². The topological polar surface area (TPSA) is 29.9 Å². The average molecular weight is 160 g/mol. The number of nitrogens with one attached hydrogen (secondary N) is 1. The molecule has 3 nitrogen and oxygen atoms in total. The quantitative estimate of drug-likeness (QED) is 0.706. The molecule has 56 valence electrons. The average Bonchev–Trinajstić information content (AvgIpc) is 2.31. The van der Waals surface area contributed by atoms with E-state index in [-0.39, 0.29) is 0 Å². The molecule has 1 rings (SSSR count). The van der Waals surface area contributed by atoms with Gasteiger partial charge < -0.3 is 9.88 Å². The smallest absolute Gasteiger partial charge is 0.128 e. The summed E-state index contributed by atoms with van der Waals surface area (Å²) in [7, 11) is 1.91. The van der Waals surface area contributed by atoms with Gasteiger partial charge in [0.1, 0.15) is 5.15 Å². The van der Waals surface area contributed by atoms with E-state index in [1.54, 1.807) is 12.5 Å². The van der Waals surface area contributed by atoms with Crippen LogP contribution in [0.1, 0.15) is 0 Å². The van der Waals surface area contributed by atoms with Crippen molar-refractivity contribution in [3.63, 3.8) is 0 Å². The molecule has 0 spiro atoms. The fraction of sp³-hybridized carbons (Fsp3) is 0.500. The van der Waals surface area contributed by atoms with Crippen LogP contribution in [0.3, 0.4) is 0 Å². The molecule has 0 bridgehead atoms. The van der Waals surface area contributed by atoms with Crippen LogP contribution in [-0.4, -0.2) is 23.1 Å². The first kappa shape index (κ1) is 7.57. The second kappa shape index (κ2) is 3.58. The minimum atomic E-state index is 0.690. The second-order valence-corrected chi connectivity index (χ2v) is 2.40. The molecule has 0 saturated carbocycles. The Morgan fingerprint density at radius 3 is 3.10 bits per heavy atom. The van der Waals surface area contributed by atoms with Crippen LogP contribution < -0.4 is 5.32 Å². The lowest BCUT2D eigenvalue weighted by molar-refractivity contribution is 0.645. The normalized spacial score (nSPS) is 10.2. The summed E-state index contributed by atoms with van der Waals surface area (Å²) in [4.78, 5) is 3.88. The highest BCUT2D eigenvalue weighted by Crippen LogP contribution is 2.04. The number of hydrogen-bond acceptors (Lipinski definition) is 2. The molecule has 0 unspecified atom stereocenters. The third-order valence-corrected chi connectivity index (χ3v) is 1.58. The highest BCUT2D eigenvalue weighted by molar-refractivity contribution is 6.29. The number of aromatic nitrogens is 2. The third kappa shape index (κ3) is 1.72. The van der Waals surface area contributed by atoms with E-state index in [2.05, 4.69) is 10.3 Å². The van der Waals surface area contributed by atoms with Crippen LogP contribution in [0.5, 0.6) is 0 Å². The van der Waals surface area contributed by atoms with Crippen molar-refractivity contribution in [1.29, 1.82) is 0 Å². The van der Waals surface area contributed by atoms with Gasteiger partial charge in [-0.2, -0.15) is 0 Å². The predicted octanol–water partition coefficient (Wildman–Crippen LogP) is 0.756. The van der Waals surface area contributed by atoms with Crippen molar-refractivity contribution in [1.82, 2.24) is 14.9 Å². The second-order valence-electron chi connectivity index (χ2n) is 2.01. The lowest BCUT2D eigenvalue weighted by atomic mass is 10.6. The van der Waals surface area contributed by atoms with Crippen molar-refractivity contribution in [2.24, 2.45) is 0 Å². The van der Waals surface area contributed by atoms with Gasteiger partial charge in [0.05, 0.1) is 12.5 Å². The van der Waals surface area contributed by atoms with Gasteiger partial charge in [0.25, 0.3) is 0 Å². The summed E-state index contributed by atoms with van der Waals surface area (Å²) in [6.07, 6.45) is 3.36. The standard InChI is InChI=1S/C6H10ClN3/c1-8-2-3-10-5-9-4-6(10)7/h4-5,8H,2-3H2,1H3. The molecule has 0 aromatic carbocycles. The first-order valence-corrected chi connectivity index (χ1v) is 3.52. The highest BCUT2D eigenvalue weighted by Gasteiger charge is 1.94. The largest absolute Gasteiger partial charge is 0.320 e. The molecule has 1 aromatic rings. The van der Waals surface area contributed by atoms with Crippen LogP contribution >= 0.6 is 11.6 Å². The molecular formula is C6H10ClN3. The SMILES string of the molecule is CNCCn1cncc1Cl. The van der Waals surface area contributed by atoms with Gasteiger partial charge in [-0.3, -0.25) is 0 Å². The molecule has 0 fully saturated rings. The van der Waals surface area contributed by atoms with Gasteiger partial charge in [-0.1, -0.05) is 11.6 Å². The Labute approximate surface area is 65.0 Å². The summed E-state index contributed by atoms with van der Waals surface area (Å²) >= 11 is 5.75. The van der Waals surface area contributed by atoms with Gasteiger partial charge in [0, 0.05) is 13.1 Å². The summed E-state index contributed by atoms with van der Waals surface area (Å²) in [5.41, 5.74) is 0. The Morgan fingerprint density at radius 1 is 1.80 bits per heavy atom. The molecule has 4 heteroatoms. The predicted molar refractivity (Wildman–Crippen MR) is 41.2 cm³/mol. The van der Waals surface area contributed by atoms with Crippen LogP contribution in [0.4, 0.5) is 0 Å². The van der Waals surface area contributed by atoms with E-state index in [0.717, 1.165) is 13.1 Å². The van der Waals surface area contributed by atoms with Crippen molar-refractivity contribution in [2.45, 2.75) is 6.54 Å². The first-order valence-electron chi connectivity index (χ1n) is 3.15. The lowest BCUT2D eigenvalue weighted by Gasteiger charge is -2.00. The van der Waals surface area contributed by atoms with Crippen LogP contribution in [0.2, 0.25) is 5.15 Å². The maximum atomic E-state index is 5.75. The van der Waals surface area contributed by atoms with Crippen molar-refractivity contribution in [3.05, 3.63) is 17.7 Å². The Kier molecular flexibility index (Phi) is 2.71. The van der Waals surface area contributed by atoms with Gasteiger partial charge in [-0.05, 0) is 7.05 Å². The van der Waals surface area contributed by atoms with Crippen molar-refractivity contribution >= 4 is 11.6 Å². The van der Waals surface area contributed by atoms with E-state index < -0.39 is 0 Å². The van der Waals surface area contributed by atoms with Gasteiger partial charge in [-0.25, -0.2) is 4.98 Å². The molecule has 0 saturated heterocycles. The van der Waals surface area contributed by atoms with Crippen LogP contribution in [0.25, 0.3) is 0 Å². The van der Waals surface area contributed by atoms with E-state index in [1.165, 1.54) is 0 Å². The Hall–Kier alpha value is -0.540. The molecule has 0 radical (unpaired) electrons. The summed E-state index contributed by atoms with van der Waals surface area (Å²) < 4.78 is 1.89. The Morgan fingerprint density at radius 2 is 2.60 bits per heavy atom. The maximum absolute atomic E-state index is 5.75. The van der Waals surface area contributed by atoms with Crippen molar-refractivity contribution < 1.29 is 0 Å². The van der Waals surface area contributed by atoms with E-state index >= 15 is 0 Å². The first-order chi connectivity index (χ1) is 4.84. The molecule has 10 heavy (non-hydrogen) atoms. The van der Waals surface area contributed by atoms with Gasteiger partial charge in [-0.15, -0.1) is 0 Å². The Balaban J connectivity index is 2.49. The summed E-state index contributed by atoms with van der Waals surface area (Å²) in [5.74, 6) is 0. The molecule has 0 amide bonds. The monoisotopic (exact) mass is 159 g/mol. The van der Waals surface area contributed by atoms with Gasteiger partial charge in [0.2, 0.25) is 0 Å². The van der Waals surface area contributed by atoms with Gasteiger partial charge >= 0.3 is 0 Å². The highest BCUT2D eigenvalue weighted by atomic mass is 35.5. The van der Waals surface area contributed by atoms with Crippen LogP contribution in [0, 0.1) is 0 Å². The van der Waals surface area contributed by atoms with Crippen molar-refractivity contribution in [2.75, 3.05) is 13.6 Å². The molecule has 1 aromatic heterocycles. The van der Waals surface area contributed by atoms with E-state index in [0.29, 0.717) is 5.15 Å². The van der Waals surface area contributed by atoms with E-state index in [9.17, 15) is 0 Å². The molecule has 1 heterocycles. The van der Waals surface area contributed by atoms with Crippen LogP contribution in [0.15, 0.2) is 12.5 Å². The zero-order valence-electron chi connectivity index (χ0n) is 5.84. The maximum Gasteiger partial charge on any atom is 0.128 e. The summed E-state index contributed by atoms with van der Waals surface area (Å²) in [6, 6.07) is 0. The third-order valence-electron chi connectivity index (χ3n) is 1.26. The fourth-order valence-electron chi connectivity index (χ4n) is 0.701. The minimum absolute atomic E-state index is 0.690. The number of nitrogens with zero attached hydrogens (tertiary/aromatic N) is 2. The lowest BCUT2D eigenvalue weighted by Crippen LogP contribution is -2.14. The van der Waals surface area contributed by atoms with Crippen molar-refractivity contribution in [3.8, 4) is 0 Å². The summed E-state index contributed by atoms with van der Waals surface area (Å²) in [6.45, 7) is 1.78. The molecule has 0 aliphatic carbocycles. The zero-order valence-corrected chi connectivity index (χ0v) is 6.60. The number of likely N-dealkylation sites (N-methyl/N-ethyl adjacent to an activating group) is 1.